The van der Waals surface area contributed by atoms with Crippen molar-refractivity contribution in [3.05, 3.63) is 28.2 Å². The summed E-state index contributed by atoms with van der Waals surface area (Å²) in [4.78, 5) is 23.0. The number of carbonyl (C=O) groups excluding carboxylic acids is 1. The van der Waals surface area contributed by atoms with E-state index in [0.29, 0.717) is 0 Å². The van der Waals surface area contributed by atoms with Crippen molar-refractivity contribution in [3.8, 4) is 0 Å². The van der Waals surface area contributed by atoms with Crippen LogP contribution in [0.2, 0.25) is 0 Å². The molecular formula is C11H16N2O2. The SMILES string of the molecule is CCC(C)C(=O)Cn1ncc(C)cc1=O. The molecule has 0 amide bonds. The zero-order valence-electron chi connectivity index (χ0n) is 9.36. The number of hydrogen-bond donors (Lipinski definition) is 0. The highest BCUT2D eigenvalue weighted by Crippen LogP contribution is 2.02. The van der Waals surface area contributed by atoms with Gasteiger partial charge in [-0.1, -0.05) is 13.8 Å². The van der Waals surface area contributed by atoms with Gasteiger partial charge in [-0.05, 0) is 18.9 Å². The molecule has 1 rings (SSSR count). The molecule has 15 heavy (non-hydrogen) atoms. The molecule has 0 spiro atoms. The molecule has 0 bridgehead atoms. The van der Waals surface area contributed by atoms with Gasteiger partial charge in [-0.2, -0.15) is 5.10 Å². The maximum Gasteiger partial charge on any atom is 0.267 e. The Hall–Kier alpha value is -1.45. The van der Waals surface area contributed by atoms with Crippen molar-refractivity contribution in [2.24, 2.45) is 5.92 Å². The molecule has 4 nitrogen and oxygen atoms in total. The first-order valence-corrected chi connectivity index (χ1v) is 5.11. The van der Waals surface area contributed by atoms with Crippen molar-refractivity contribution in [1.82, 2.24) is 9.78 Å². The Morgan fingerprint density at radius 3 is 2.80 bits per heavy atom. The Labute approximate surface area is 88.9 Å². The summed E-state index contributed by atoms with van der Waals surface area (Å²) in [6.45, 7) is 5.69. The van der Waals surface area contributed by atoms with E-state index in [1.165, 1.54) is 10.7 Å². The van der Waals surface area contributed by atoms with Crippen molar-refractivity contribution in [2.75, 3.05) is 0 Å². The molecule has 0 fully saturated rings. The van der Waals surface area contributed by atoms with Crippen LogP contribution in [0.25, 0.3) is 0 Å². The van der Waals surface area contributed by atoms with Gasteiger partial charge in [-0.15, -0.1) is 0 Å². The summed E-state index contributed by atoms with van der Waals surface area (Å²) >= 11 is 0. The van der Waals surface area contributed by atoms with Crippen LogP contribution in [-0.4, -0.2) is 15.6 Å². The lowest BCUT2D eigenvalue weighted by atomic mass is 10.0. The topological polar surface area (TPSA) is 52.0 Å². The van der Waals surface area contributed by atoms with E-state index in [2.05, 4.69) is 5.10 Å². The van der Waals surface area contributed by atoms with Crippen LogP contribution in [0, 0.1) is 12.8 Å². The fourth-order valence-electron chi connectivity index (χ4n) is 1.17. The van der Waals surface area contributed by atoms with E-state index in [-0.39, 0.29) is 23.8 Å². The van der Waals surface area contributed by atoms with E-state index in [0.717, 1.165) is 12.0 Å². The number of hydrogen-bond acceptors (Lipinski definition) is 3. The van der Waals surface area contributed by atoms with E-state index in [4.69, 9.17) is 0 Å². The first-order valence-electron chi connectivity index (χ1n) is 5.11. The van der Waals surface area contributed by atoms with E-state index >= 15 is 0 Å². The van der Waals surface area contributed by atoms with Crippen molar-refractivity contribution < 1.29 is 4.79 Å². The summed E-state index contributed by atoms with van der Waals surface area (Å²) < 4.78 is 1.21. The molecule has 0 radical (unpaired) electrons. The number of ketones is 1. The molecular weight excluding hydrogens is 192 g/mol. The number of Topliss-reactive ketones (excluding diaryl/α,β-unsaturated/α-hetero) is 1. The Morgan fingerprint density at radius 1 is 1.60 bits per heavy atom. The zero-order valence-corrected chi connectivity index (χ0v) is 9.36. The quantitative estimate of drug-likeness (QED) is 0.746. The molecule has 0 aliphatic carbocycles. The largest absolute Gasteiger partial charge is 0.297 e. The third-order valence-electron chi connectivity index (χ3n) is 2.47. The first-order chi connectivity index (χ1) is 7.04. The molecule has 1 aromatic rings. The Morgan fingerprint density at radius 2 is 2.27 bits per heavy atom. The maximum absolute atomic E-state index is 11.6. The van der Waals surface area contributed by atoms with Gasteiger partial charge in [0.15, 0.2) is 5.78 Å². The molecule has 1 heterocycles. The number of aromatic nitrogens is 2. The summed E-state index contributed by atoms with van der Waals surface area (Å²) in [5.74, 6) is 0.0379. The van der Waals surface area contributed by atoms with Crippen LogP contribution < -0.4 is 5.56 Å². The average Bonchev–Trinajstić information content (AvgIpc) is 2.20. The lowest BCUT2D eigenvalue weighted by molar-refractivity contribution is -0.123. The third-order valence-corrected chi connectivity index (χ3v) is 2.47. The standard InChI is InChI=1S/C11H16N2O2/c1-4-9(3)10(14)7-13-11(15)5-8(2)6-12-13/h5-6,9H,4,7H2,1-3H3. The predicted molar refractivity (Wildman–Crippen MR) is 57.7 cm³/mol. The van der Waals surface area contributed by atoms with Gasteiger partial charge in [0.25, 0.3) is 5.56 Å². The first kappa shape index (κ1) is 11.6. The van der Waals surface area contributed by atoms with Crippen LogP contribution >= 0.6 is 0 Å². The van der Waals surface area contributed by atoms with Gasteiger partial charge >= 0.3 is 0 Å². The fraction of sp³-hybridized carbons (Fsp3) is 0.545. The number of nitrogens with zero attached hydrogens (tertiary/aromatic N) is 2. The summed E-state index contributed by atoms with van der Waals surface area (Å²) in [7, 11) is 0. The van der Waals surface area contributed by atoms with Crippen molar-refractivity contribution in [2.45, 2.75) is 33.7 Å². The van der Waals surface area contributed by atoms with E-state index in [9.17, 15) is 9.59 Å². The second-order valence-corrected chi connectivity index (χ2v) is 3.80. The minimum atomic E-state index is -0.216. The lowest BCUT2D eigenvalue weighted by Gasteiger charge is -2.08. The average molecular weight is 208 g/mol. The molecule has 1 atom stereocenters. The molecule has 0 N–H and O–H groups in total. The van der Waals surface area contributed by atoms with Crippen LogP contribution in [0.4, 0.5) is 0 Å². The molecule has 1 unspecified atom stereocenters. The van der Waals surface area contributed by atoms with Gasteiger partial charge in [0.2, 0.25) is 0 Å². The van der Waals surface area contributed by atoms with Crippen LogP contribution in [0.3, 0.4) is 0 Å². The van der Waals surface area contributed by atoms with E-state index < -0.39 is 0 Å². The normalized spacial score (nSPS) is 12.5. The Kier molecular flexibility index (Phi) is 3.77. The Balaban J connectivity index is 2.82. The molecule has 0 aromatic carbocycles. The van der Waals surface area contributed by atoms with Crippen LogP contribution in [0.15, 0.2) is 17.1 Å². The van der Waals surface area contributed by atoms with Gasteiger partial charge < -0.3 is 0 Å². The van der Waals surface area contributed by atoms with Gasteiger partial charge in [0.1, 0.15) is 6.54 Å². The number of aryl methyl sites for hydroxylation is 1. The molecule has 0 aliphatic rings. The van der Waals surface area contributed by atoms with Crippen LogP contribution in [-0.2, 0) is 11.3 Å². The maximum atomic E-state index is 11.6. The van der Waals surface area contributed by atoms with Crippen molar-refractivity contribution >= 4 is 5.78 Å². The second kappa shape index (κ2) is 4.87. The smallest absolute Gasteiger partial charge is 0.267 e. The van der Waals surface area contributed by atoms with Crippen LogP contribution in [0.1, 0.15) is 25.8 Å². The minimum absolute atomic E-state index is 0.0139. The van der Waals surface area contributed by atoms with E-state index in [1.807, 2.05) is 13.8 Å². The third kappa shape index (κ3) is 3.01. The summed E-state index contributed by atoms with van der Waals surface area (Å²) in [5.41, 5.74) is 0.596. The summed E-state index contributed by atoms with van der Waals surface area (Å²) in [6.07, 6.45) is 2.38. The molecule has 4 heteroatoms. The lowest BCUT2D eigenvalue weighted by Crippen LogP contribution is -2.28. The molecule has 82 valence electrons. The summed E-state index contributed by atoms with van der Waals surface area (Å²) in [5, 5.41) is 3.92. The monoisotopic (exact) mass is 208 g/mol. The molecule has 0 saturated carbocycles. The molecule has 0 saturated heterocycles. The minimum Gasteiger partial charge on any atom is -0.297 e. The van der Waals surface area contributed by atoms with Gasteiger partial charge in [0.05, 0.1) is 6.20 Å². The van der Waals surface area contributed by atoms with E-state index in [1.54, 1.807) is 13.1 Å². The highest BCUT2D eigenvalue weighted by molar-refractivity contribution is 5.80. The van der Waals surface area contributed by atoms with Crippen molar-refractivity contribution in [3.63, 3.8) is 0 Å². The predicted octanol–water partition coefficient (Wildman–Crippen LogP) is 1.17. The number of carbonyl (C=O) groups is 1. The van der Waals surface area contributed by atoms with Gasteiger partial charge in [-0.25, -0.2) is 4.68 Å². The highest BCUT2D eigenvalue weighted by Gasteiger charge is 2.12. The zero-order chi connectivity index (χ0) is 11.4. The van der Waals surface area contributed by atoms with Gasteiger partial charge in [0, 0.05) is 12.0 Å². The second-order valence-electron chi connectivity index (χ2n) is 3.80. The summed E-state index contributed by atoms with van der Waals surface area (Å²) in [6, 6.07) is 1.48. The Bertz CT molecular complexity index is 409. The highest BCUT2D eigenvalue weighted by atomic mass is 16.1. The van der Waals surface area contributed by atoms with Crippen molar-refractivity contribution in [1.29, 1.82) is 0 Å². The molecule has 1 aromatic heterocycles. The van der Waals surface area contributed by atoms with Gasteiger partial charge in [-0.3, -0.25) is 9.59 Å². The van der Waals surface area contributed by atoms with Crippen LogP contribution in [0.5, 0.6) is 0 Å². The number of rotatable bonds is 4. The molecule has 0 aliphatic heterocycles. The fourth-order valence-corrected chi connectivity index (χ4v) is 1.17.